The molecule has 0 aromatic heterocycles. The Morgan fingerprint density at radius 1 is 0.793 bits per heavy atom. The van der Waals surface area contributed by atoms with Crippen LogP contribution in [-0.2, 0) is 4.79 Å². The van der Waals surface area contributed by atoms with Crippen molar-refractivity contribution in [3.8, 4) is 5.75 Å². The molecule has 0 saturated carbocycles. The SMILES string of the molecule is O=C(O)CCCCCCC/C=C\CCOc1ccc(/N=N/c2ccccc2)cc1. The summed E-state index contributed by atoms with van der Waals surface area (Å²) < 4.78 is 5.74. The summed E-state index contributed by atoms with van der Waals surface area (Å²) in [4.78, 5) is 10.4. The number of hydrogen-bond donors (Lipinski definition) is 1. The molecule has 0 radical (unpaired) electrons. The van der Waals surface area contributed by atoms with Gasteiger partial charge in [-0.1, -0.05) is 49.6 Å². The minimum atomic E-state index is -0.695. The van der Waals surface area contributed by atoms with Gasteiger partial charge in [0.05, 0.1) is 18.0 Å². The van der Waals surface area contributed by atoms with Crippen LogP contribution < -0.4 is 4.74 Å². The molecule has 2 rings (SSSR count). The summed E-state index contributed by atoms with van der Waals surface area (Å²) in [5, 5.41) is 17.0. The van der Waals surface area contributed by atoms with Gasteiger partial charge in [-0.2, -0.15) is 10.2 Å². The highest BCUT2D eigenvalue weighted by molar-refractivity contribution is 5.66. The Morgan fingerprint density at radius 3 is 2.14 bits per heavy atom. The van der Waals surface area contributed by atoms with Gasteiger partial charge < -0.3 is 9.84 Å². The molecule has 5 heteroatoms. The van der Waals surface area contributed by atoms with E-state index < -0.39 is 5.97 Å². The van der Waals surface area contributed by atoms with Crippen LogP contribution in [-0.4, -0.2) is 17.7 Å². The van der Waals surface area contributed by atoms with E-state index in [1.807, 2.05) is 54.6 Å². The van der Waals surface area contributed by atoms with E-state index >= 15 is 0 Å². The third kappa shape index (κ3) is 10.8. The van der Waals surface area contributed by atoms with Gasteiger partial charge in [0.1, 0.15) is 5.75 Å². The van der Waals surface area contributed by atoms with E-state index in [-0.39, 0.29) is 0 Å². The molecule has 5 nitrogen and oxygen atoms in total. The number of rotatable bonds is 14. The monoisotopic (exact) mass is 394 g/mol. The van der Waals surface area contributed by atoms with Crippen LogP contribution >= 0.6 is 0 Å². The summed E-state index contributed by atoms with van der Waals surface area (Å²) in [6.07, 6.45) is 11.8. The average molecular weight is 395 g/mol. The van der Waals surface area contributed by atoms with E-state index in [2.05, 4.69) is 22.4 Å². The smallest absolute Gasteiger partial charge is 0.303 e. The number of nitrogens with zero attached hydrogens (tertiary/aromatic N) is 2. The fourth-order valence-corrected chi connectivity index (χ4v) is 2.77. The van der Waals surface area contributed by atoms with E-state index in [1.165, 1.54) is 0 Å². The van der Waals surface area contributed by atoms with Crippen LogP contribution in [0.3, 0.4) is 0 Å². The lowest BCUT2D eigenvalue weighted by atomic mass is 10.1. The van der Waals surface area contributed by atoms with E-state index in [1.54, 1.807) is 0 Å². The molecule has 29 heavy (non-hydrogen) atoms. The Labute approximate surface area is 173 Å². The standard InChI is InChI=1S/C24H30N2O3/c27-24(28)15-11-6-4-2-1-3-5-7-12-20-29-23-18-16-22(17-19-23)26-25-21-13-9-8-10-14-21/h5,7-10,13-14,16-19H,1-4,6,11-12,15,20H2,(H,27,28)/b7-5-,26-25+. The van der Waals surface area contributed by atoms with Crippen LogP contribution in [0, 0.1) is 0 Å². The Bertz CT molecular complexity index is 755. The first-order valence-electron chi connectivity index (χ1n) is 10.3. The van der Waals surface area contributed by atoms with Gasteiger partial charge in [-0.05, 0) is 62.1 Å². The topological polar surface area (TPSA) is 71.2 Å². The molecular weight excluding hydrogens is 364 g/mol. The van der Waals surface area contributed by atoms with Crippen molar-refractivity contribution in [2.45, 2.75) is 51.4 Å². The number of carboxylic acid groups (broad SMARTS) is 1. The zero-order valence-corrected chi connectivity index (χ0v) is 16.9. The van der Waals surface area contributed by atoms with Crippen LogP contribution in [0.5, 0.6) is 5.75 Å². The highest BCUT2D eigenvalue weighted by atomic mass is 16.5. The second-order valence-electron chi connectivity index (χ2n) is 6.84. The molecule has 2 aromatic carbocycles. The molecule has 0 unspecified atom stereocenters. The molecule has 0 aliphatic heterocycles. The predicted molar refractivity (Wildman–Crippen MR) is 116 cm³/mol. The van der Waals surface area contributed by atoms with Crippen molar-refractivity contribution in [2.75, 3.05) is 6.61 Å². The van der Waals surface area contributed by atoms with E-state index in [0.29, 0.717) is 13.0 Å². The molecular formula is C24H30N2O3. The van der Waals surface area contributed by atoms with Gasteiger partial charge in [0.25, 0.3) is 0 Å². The zero-order valence-electron chi connectivity index (χ0n) is 16.9. The van der Waals surface area contributed by atoms with Crippen molar-refractivity contribution in [2.24, 2.45) is 10.2 Å². The van der Waals surface area contributed by atoms with E-state index in [4.69, 9.17) is 9.84 Å². The molecule has 0 atom stereocenters. The van der Waals surface area contributed by atoms with Gasteiger partial charge in [-0.15, -0.1) is 0 Å². The number of carbonyl (C=O) groups is 1. The summed E-state index contributed by atoms with van der Waals surface area (Å²) in [5.74, 6) is 0.137. The second kappa shape index (κ2) is 14.1. The number of unbranched alkanes of at least 4 members (excludes halogenated alkanes) is 5. The Hall–Kier alpha value is -2.95. The van der Waals surface area contributed by atoms with Crippen molar-refractivity contribution in [3.63, 3.8) is 0 Å². The van der Waals surface area contributed by atoms with Gasteiger partial charge >= 0.3 is 5.97 Å². The Kier molecular flexibility index (Phi) is 10.9. The number of allylic oxidation sites excluding steroid dienone is 1. The summed E-state index contributed by atoms with van der Waals surface area (Å²) in [5.41, 5.74) is 1.63. The van der Waals surface area contributed by atoms with Gasteiger partial charge in [0.2, 0.25) is 0 Å². The minimum absolute atomic E-state index is 0.292. The van der Waals surface area contributed by atoms with E-state index in [9.17, 15) is 4.79 Å². The van der Waals surface area contributed by atoms with Gasteiger partial charge in [0, 0.05) is 6.42 Å². The lowest BCUT2D eigenvalue weighted by Gasteiger charge is -2.04. The maximum absolute atomic E-state index is 10.4. The molecule has 1 N–H and O–H groups in total. The number of ether oxygens (including phenoxy) is 1. The fraction of sp³-hybridized carbons (Fsp3) is 0.375. The van der Waals surface area contributed by atoms with Crippen molar-refractivity contribution < 1.29 is 14.6 Å². The maximum atomic E-state index is 10.4. The molecule has 154 valence electrons. The lowest BCUT2D eigenvalue weighted by molar-refractivity contribution is -0.137. The van der Waals surface area contributed by atoms with Crippen molar-refractivity contribution in [1.82, 2.24) is 0 Å². The number of azo groups is 1. The molecule has 0 aliphatic rings. The molecule has 0 spiro atoms. The first-order valence-corrected chi connectivity index (χ1v) is 10.3. The minimum Gasteiger partial charge on any atom is -0.493 e. The molecule has 0 fully saturated rings. The van der Waals surface area contributed by atoms with Gasteiger partial charge in [-0.25, -0.2) is 0 Å². The third-order valence-electron chi connectivity index (χ3n) is 4.36. The Balaban J connectivity index is 1.52. The van der Waals surface area contributed by atoms with Crippen LogP contribution in [0.1, 0.15) is 51.4 Å². The van der Waals surface area contributed by atoms with E-state index in [0.717, 1.165) is 62.1 Å². The molecule has 0 heterocycles. The molecule has 0 amide bonds. The highest BCUT2D eigenvalue weighted by Gasteiger charge is 1.96. The normalized spacial score (nSPS) is 11.3. The quantitative estimate of drug-likeness (QED) is 0.208. The molecule has 2 aromatic rings. The van der Waals surface area contributed by atoms with Gasteiger partial charge in [0.15, 0.2) is 0 Å². The number of carboxylic acids is 1. The Morgan fingerprint density at radius 2 is 1.41 bits per heavy atom. The highest BCUT2D eigenvalue weighted by Crippen LogP contribution is 2.21. The summed E-state index contributed by atoms with van der Waals surface area (Å²) in [6, 6.07) is 17.3. The lowest BCUT2D eigenvalue weighted by Crippen LogP contribution is -1.94. The number of aliphatic carboxylic acids is 1. The summed E-state index contributed by atoms with van der Waals surface area (Å²) in [7, 11) is 0. The van der Waals surface area contributed by atoms with Crippen LogP contribution in [0.15, 0.2) is 77.0 Å². The largest absolute Gasteiger partial charge is 0.493 e. The van der Waals surface area contributed by atoms with Crippen LogP contribution in [0.25, 0.3) is 0 Å². The summed E-state index contributed by atoms with van der Waals surface area (Å²) >= 11 is 0. The number of hydrogen-bond acceptors (Lipinski definition) is 4. The van der Waals surface area contributed by atoms with Crippen molar-refractivity contribution in [1.29, 1.82) is 0 Å². The second-order valence-corrected chi connectivity index (χ2v) is 6.84. The molecule has 0 saturated heterocycles. The third-order valence-corrected chi connectivity index (χ3v) is 4.36. The summed E-state index contributed by atoms with van der Waals surface area (Å²) in [6.45, 7) is 0.649. The van der Waals surface area contributed by atoms with Gasteiger partial charge in [-0.3, -0.25) is 4.79 Å². The van der Waals surface area contributed by atoms with Crippen molar-refractivity contribution in [3.05, 3.63) is 66.7 Å². The molecule has 0 aliphatic carbocycles. The first-order chi connectivity index (χ1) is 14.2. The number of benzene rings is 2. The maximum Gasteiger partial charge on any atom is 0.303 e. The zero-order chi connectivity index (χ0) is 20.6. The molecule has 0 bridgehead atoms. The first kappa shape index (κ1) is 22.3. The fourth-order valence-electron chi connectivity index (χ4n) is 2.77. The average Bonchev–Trinajstić information content (AvgIpc) is 2.74. The van der Waals surface area contributed by atoms with Crippen LogP contribution in [0.2, 0.25) is 0 Å². The van der Waals surface area contributed by atoms with Crippen molar-refractivity contribution >= 4 is 17.3 Å². The van der Waals surface area contributed by atoms with Crippen LogP contribution in [0.4, 0.5) is 11.4 Å². The predicted octanol–water partition coefficient (Wildman–Crippen LogP) is 7.24.